The molecule has 0 atom stereocenters. The van der Waals surface area contributed by atoms with Gasteiger partial charge >= 0.3 is 121 Å². The summed E-state index contributed by atoms with van der Waals surface area (Å²) >= 11 is -1.84. The average Bonchev–Trinajstić information content (AvgIpc) is 2.92. The minimum atomic E-state index is -1.84. The quantitative estimate of drug-likeness (QED) is 0.651. The van der Waals surface area contributed by atoms with Crippen molar-refractivity contribution >= 4 is 39.6 Å². The van der Waals surface area contributed by atoms with Gasteiger partial charge in [-0.05, 0) is 0 Å². The van der Waals surface area contributed by atoms with Crippen LogP contribution >= 0.6 is 0 Å². The number of nitrogen functional groups attached to an aromatic ring is 1. The predicted octanol–water partition coefficient (Wildman–Crippen LogP) is 1.61. The number of ether oxygens (including phenoxy) is 2. The third-order valence-electron chi connectivity index (χ3n) is 3.27. The normalized spacial score (nSPS) is 13.7. The molecule has 1 heterocycles. The fourth-order valence-electron chi connectivity index (χ4n) is 2.26. The van der Waals surface area contributed by atoms with Crippen molar-refractivity contribution in [2.24, 2.45) is 2.98 Å². The molecular weight excluding hydrogens is 347 g/mol. The van der Waals surface area contributed by atoms with Gasteiger partial charge in [0, 0.05) is 0 Å². The van der Waals surface area contributed by atoms with Crippen molar-refractivity contribution in [3.05, 3.63) is 23.3 Å². The van der Waals surface area contributed by atoms with Crippen LogP contribution in [0.4, 0.5) is 5.69 Å². The number of hydrogen-bond acceptors (Lipinski definition) is 5. The second-order valence-corrected chi connectivity index (χ2v) is 11.9. The van der Waals surface area contributed by atoms with Gasteiger partial charge in [0.25, 0.3) is 0 Å². The first kappa shape index (κ1) is 14.2. The van der Waals surface area contributed by atoms with Crippen LogP contribution in [0.3, 0.4) is 0 Å². The molecule has 19 heavy (non-hydrogen) atoms. The monoisotopic (exact) mass is 364 g/mol. The van der Waals surface area contributed by atoms with Crippen LogP contribution in [0, 0.1) is 0 Å². The van der Waals surface area contributed by atoms with E-state index in [2.05, 4.69) is 2.98 Å². The van der Waals surface area contributed by atoms with Crippen molar-refractivity contribution in [2.75, 3.05) is 20.0 Å². The predicted molar refractivity (Wildman–Crippen MR) is 76.1 cm³/mol. The molecule has 0 aromatic heterocycles. The Balaban J connectivity index is 2.31. The van der Waals surface area contributed by atoms with E-state index in [1.165, 1.54) is 11.3 Å². The van der Waals surface area contributed by atoms with E-state index >= 15 is 0 Å². The molecule has 6 heteroatoms. The Labute approximate surface area is 120 Å². The summed E-state index contributed by atoms with van der Waals surface area (Å²) in [5.41, 5.74) is 8.08. The second kappa shape index (κ2) is 6.32. The van der Waals surface area contributed by atoms with Crippen LogP contribution in [0.25, 0.3) is 0 Å². The summed E-state index contributed by atoms with van der Waals surface area (Å²) in [5, 5.41) is 0. The summed E-state index contributed by atoms with van der Waals surface area (Å²) in [6.45, 7) is 0. The summed E-state index contributed by atoms with van der Waals surface area (Å²) in [6, 6.07) is 3.36. The van der Waals surface area contributed by atoms with Gasteiger partial charge in [0.1, 0.15) is 0 Å². The maximum absolute atomic E-state index is 11.5. The third-order valence-corrected chi connectivity index (χ3v) is 10.4. The van der Waals surface area contributed by atoms with Crippen LogP contribution in [0.15, 0.2) is 15.1 Å². The van der Waals surface area contributed by atoms with Crippen LogP contribution in [-0.4, -0.2) is 48.1 Å². The zero-order chi connectivity index (χ0) is 13.8. The molecule has 1 aromatic rings. The van der Waals surface area contributed by atoms with Crippen molar-refractivity contribution < 1.29 is 14.3 Å². The summed E-state index contributed by atoms with van der Waals surface area (Å²) in [5.74, 6) is 0.262. The molecule has 2 rings (SSSR count). The van der Waals surface area contributed by atoms with Gasteiger partial charge in [-0.15, -0.1) is 0 Å². The first-order valence-corrected chi connectivity index (χ1v) is 12.4. The Morgan fingerprint density at radius 1 is 1.47 bits per heavy atom. The van der Waals surface area contributed by atoms with Crippen molar-refractivity contribution in [2.45, 2.75) is 14.8 Å². The summed E-state index contributed by atoms with van der Waals surface area (Å²) in [6.07, 6.45) is 3.13. The van der Waals surface area contributed by atoms with Crippen molar-refractivity contribution in [1.82, 2.24) is 0 Å². The number of nitrogens with two attached hydrogens (primary N) is 1. The molecule has 0 saturated carbocycles. The van der Waals surface area contributed by atoms with E-state index in [1.54, 1.807) is 19.2 Å². The van der Waals surface area contributed by atoms with E-state index in [9.17, 15) is 4.79 Å². The fraction of sp³-hybridized carbons (Fsp3) is 0.385. The first-order valence-electron chi connectivity index (χ1n) is 6.22. The van der Waals surface area contributed by atoms with Gasteiger partial charge in [-0.2, -0.15) is 0 Å². The minimum absolute atomic E-state index is 0.404. The third kappa shape index (κ3) is 3.23. The van der Waals surface area contributed by atoms with E-state index in [0.29, 0.717) is 17.0 Å². The fourth-order valence-corrected chi connectivity index (χ4v) is 8.96. The van der Waals surface area contributed by atoms with E-state index in [0.717, 1.165) is 16.2 Å². The number of benzene rings is 1. The number of esters is 1. The molecule has 0 saturated heterocycles. The number of carbonyl (C=O) groups is 1. The molecular formula is C13H17InN2O3. The van der Waals surface area contributed by atoms with Gasteiger partial charge < -0.3 is 0 Å². The van der Waals surface area contributed by atoms with Crippen LogP contribution in [0.2, 0.25) is 4.18 Å². The van der Waals surface area contributed by atoms with E-state index in [4.69, 9.17) is 15.2 Å². The molecule has 1 aromatic carbocycles. The molecule has 2 N–H and O–H groups in total. The maximum atomic E-state index is 11.5. The summed E-state index contributed by atoms with van der Waals surface area (Å²) in [4.78, 5) is 11.5. The number of anilines is 1. The Hall–Kier alpha value is -1.17. The van der Waals surface area contributed by atoms with Gasteiger partial charge in [-0.1, -0.05) is 0 Å². The average molecular weight is 364 g/mol. The van der Waals surface area contributed by atoms with E-state index < -0.39 is 27.7 Å². The standard InChI is InChI=1S/C10H12NO3.C3H5N.In/c1-6-8(11)4-7(10(12)14-3)5-9(6)13-2;1-2-3-4;/h4-5H,1,11H2,2-3H3;3H,1-2H2;/q;-1;+1. The zero-order valence-corrected chi connectivity index (χ0v) is 14.5. The molecule has 0 spiro atoms. The number of carbonyl (C=O) groups excluding carboxylic acids is 1. The molecule has 0 bridgehead atoms. The Bertz CT molecular complexity index is 517. The van der Waals surface area contributed by atoms with Crippen LogP contribution in [0.1, 0.15) is 22.3 Å². The number of methoxy groups -OCH3 is 2. The van der Waals surface area contributed by atoms with Crippen LogP contribution < -0.4 is 10.5 Å². The van der Waals surface area contributed by atoms with Gasteiger partial charge in [0.05, 0.1) is 0 Å². The topological polar surface area (TPSA) is 73.9 Å². The SMILES string of the molecule is COC(=O)c1cc(N)c([CH2][In]2[CH2]CC=[N]2)c(OC)c1. The number of hydrogen-bond donors (Lipinski definition) is 1. The van der Waals surface area contributed by atoms with Gasteiger partial charge in [0.2, 0.25) is 0 Å². The van der Waals surface area contributed by atoms with Crippen LogP contribution in [-0.2, 0) is 8.91 Å². The van der Waals surface area contributed by atoms with Crippen molar-refractivity contribution in [3.8, 4) is 5.75 Å². The van der Waals surface area contributed by atoms with Crippen LogP contribution in [0.5, 0.6) is 5.75 Å². The molecule has 5 nitrogen and oxygen atoms in total. The molecule has 0 radical (unpaired) electrons. The van der Waals surface area contributed by atoms with Crippen molar-refractivity contribution in [1.29, 1.82) is 0 Å². The van der Waals surface area contributed by atoms with Crippen molar-refractivity contribution in [3.63, 3.8) is 0 Å². The summed E-state index contributed by atoms with van der Waals surface area (Å²) in [7, 11) is 2.94. The number of nitrogens with zero attached hydrogens (tertiary/aromatic N) is 1. The van der Waals surface area contributed by atoms with Gasteiger partial charge in [-0.25, -0.2) is 0 Å². The Morgan fingerprint density at radius 2 is 2.26 bits per heavy atom. The van der Waals surface area contributed by atoms with E-state index in [1.807, 2.05) is 6.21 Å². The second-order valence-electron chi connectivity index (χ2n) is 4.50. The molecule has 1 aliphatic heterocycles. The first-order chi connectivity index (χ1) is 9.15. The molecule has 100 valence electrons. The Morgan fingerprint density at radius 3 is 2.84 bits per heavy atom. The molecule has 1 aliphatic rings. The molecule has 0 fully saturated rings. The number of rotatable bonds is 4. The summed E-state index contributed by atoms with van der Waals surface area (Å²) < 4.78 is 16.9. The molecule has 0 aliphatic carbocycles. The van der Waals surface area contributed by atoms with Gasteiger partial charge in [0.15, 0.2) is 0 Å². The zero-order valence-electron chi connectivity index (χ0n) is 11.2. The Kier molecular flexibility index (Phi) is 4.74. The molecule has 0 amide bonds. The van der Waals surface area contributed by atoms with E-state index in [-0.39, 0.29) is 0 Å². The van der Waals surface area contributed by atoms with Gasteiger partial charge in [-0.3, -0.25) is 0 Å². The molecule has 0 unspecified atom stereocenters.